The van der Waals surface area contributed by atoms with Gasteiger partial charge in [0, 0.05) is 17.7 Å². The summed E-state index contributed by atoms with van der Waals surface area (Å²) in [6, 6.07) is 0.180. The zero-order valence-electron chi connectivity index (χ0n) is 10.7. The van der Waals surface area contributed by atoms with Crippen LogP contribution < -0.4 is 5.73 Å². The number of hydrogen-bond acceptors (Lipinski definition) is 4. The van der Waals surface area contributed by atoms with Gasteiger partial charge in [-0.2, -0.15) is 0 Å². The lowest BCUT2D eigenvalue weighted by Crippen LogP contribution is -2.38. The minimum absolute atomic E-state index is 0. The van der Waals surface area contributed by atoms with Crippen molar-refractivity contribution in [3.63, 3.8) is 0 Å². The molecule has 0 fully saturated rings. The van der Waals surface area contributed by atoms with Crippen LogP contribution in [0, 0.1) is 17.0 Å². The van der Waals surface area contributed by atoms with Gasteiger partial charge in [0.1, 0.15) is 17.4 Å². The molecule has 3 N–H and O–H groups in total. The van der Waals surface area contributed by atoms with Crippen LogP contribution in [0.5, 0.6) is 5.75 Å². The number of methoxy groups -OCH3 is 1. The van der Waals surface area contributed by atoms with Crippen LogP contribution in [0.1, 0.15) is 25.5 Å². The molecule has 4 nitrogen and oxygen atoms in total. The summed E-state index contributed by atoms with van der Waals surface area (Å²) >= 11 is 0. The monoisotopic (exact) mass is 295 g/mol. The molecular formula is C12H16ClF2NO3. The van der Waals surface area contributed by atoms with Crippen LogP contribution in [-0.2, 0) is 9.53 Å². The number of aromatic hydroxyl groups is 1. The van der Waals surface area contributed by atoms with Crippen molar-refractivity contribution >= 4 is 18.4 Å². The number of hydrogen-bond donors (Lipinski definition) is 2. The number of ether oxygens (including phenoxy) is 1. The molecule has 19 heavy (non-hydrogen) atoms. The fourth-order valence-corrected chi connectivity index (χ4v) is 1.63. The lowest BCUT2D eigenvalue weighted by molar-refractivity contribution is -0.152. The van der Waals surface area contributed by atoms with E-state index in [9.17, 15) is 18.7 Å². The number of benzene rings is 1. The molecule has 0 amide bonds. The second-order valence-corrected chi connectivity index (χ2v) is 4.51. The third-order valence-corrected chi connectivity index (χ3v) is 2.87. The Bertz CT molecular complexity index is 457. The van der Waals surface area contributed by atoms with Crippen LogP contribution in [0.15, 0.2) is 12.1 Å². The predicted molar refractivity (Wildman–Crippen MR) is 68.0 cm³/mol. The Balaban J connectivity index is 0.00000324. The van der Waals surface area contributed by atoms with Crippen LogP contribution >= 0.6 is 12.4 Å². The predicted octanol–water partition coefficient (Wildman–Crippen LogP) is 2.29. The summed E-state index contributed by atoms with van der Waals surface area (Å²) in [6.45, 7) is 2.90. The third-order valence-electron chi connectivity index (χ3n) is 2.87. The highest BCUT2D eigenvalue weighted by molar-refractivity contribution is 5.85. The molecule has 0 saturated heterocycles. The Morgan fingerprint density at radius 3 is 2.37 bits per heavy atom. The molecule has 1 aromatic carbocycles. The first-order chi connectivity index (χ1) is 8.21. The molecule has 0 heterocycles. The van der Waals surface area contributed by atoms with Crippen LogP contribution in [0.25, 0.3) is 0 Å². The zero-order chi connectivity index (χ0) is 14.1. The van der Waals surface area contributed by atoms with Crippen molar-refractivity contribution < 1.29 is 23.4 Å². The van der Waals surface area contributed by atoms with Crippen molar-refractivity contribution in [1.29, 1.82) is 0 Å². The highest BCUT2D eigenvalue weighted by Crippen LogP contribution is 2.38. The lowest BCUT2D eigenvalue weighted by atomic mass is 9.80. The summed E-state index contributed by atoms with van der Waals surface area (Å²) in [5.41, 5.74) is 4.21. The standard InChI is InChI=1S/C12H15F2NO3.ClH/c1-12(2,11(17)18-3)10(15)9-7(14)4-6(13)5-8(9)16;/h4-5,10,16H,15H2,1-3H3;1H/t10-;/m0./s1. The van der Waals surface area contributed by atoms with Gasteiger partial charge in [0.25, 0.3) is 0 Å². The maximum Gasteiger partial charge on any atom is 0.313 e. The second kappa shape index (κ2) is 6.16. The maximum absolute atomic E-state index is 13.6. The number of phenolic OH excluding ortho intramolecular Hbond substituents is 1. The van der Waals surface area contributed by atoms with Gasteiger partial charge >= 0.3 is 5.97 Å². The average molecular weight is 296 g/mol. The molecule has 0 aliphatic rings. The molecule has 0 bridgehead atoms. The van der Waals surface area contributed by atoms with Gasteiger partial charge < -0.3 is 15.6 Å². The fraction of sp³-hybridized carbons (Fsp3) is 0.417. The van der Waals surface area contributed by atoms with Gasteiger partial charge in [-0.3, -0.25) is 4.79 Å². The molecule has 0 aromatic heterocycles. The van der Waals surface area contributed by atoms with E-state index in [0.29, 0.717) is 6.07 Å². The first kappa shape index (κ1) is 17.6. The van der Waals surface area contributed by atoms with Gasteiger partial charge in [0.2, 0.25) is 0 Å². The van der Waals surface area contributed by atoms with Crippen molar-refractivity contribution in [3.8, 4) is 5.75 Å². The quantitative estimate of drug-likeness (QED) is 0.839. The second-order valence-electron chi connectivity index (χ2n) is 4.51. The number of carbonyl (C=O) groups excluding carboxylic acids is 1. The molecule has 0 spiro atoms. The van der Waals surface area contributed by atoms with E-state index in [2.05, 4.69) is 4.74 Å². The molecular weight excluding hydrogens is 280 g/mol. The van der Waals surface area contributed by atoms with E-state index in [1.165, 1.54) is 21.0 Å². The summed E-state index contributed by atoms with van der Waals surface area (Å²) in [6.07, 6.45) is 0. The van der Waals surface area contributed by atoms with E-state index in [1.807, 2.05) is 0 Å². The molecule has 0 radical (unpaired) electrons. The van der Waals surface area contributed by atoms with E-state index >= 15 is 0 Å². The largest absolute Gasteiger partial charge is 0.507 e. The van der Waals surface area contributed by atoms with Crippen molar-refractivity contribution in [2.75, 3.05) is 7.11 Å². The summed E-state index contributed by atoms with van der Waals surface area (Å²) in [5, 5.41) is 9.55. The molecule has 1 aromatic rings. The molecule has 7 heteroatoms. The summed E-state index contributed by atoms with van der Waals surface area (Å²) in [4.78, 5) is 11.6. The van der Waals surface area contributed by atoms with E-state index in [1.54, 1.807) is 0 Å². The van der Waals surface area contributed by atoms with Crippen molar-refractivity contribution in [2.24, 2.45) is 11.1 Å². The Kier molecular flexibility index (Phi) is 5.71. The molecule has 1 atom stereocenters. The van der Waals surface area contributed by atoms with Gasteiger partial charge in [-0.15, -0.1) is 12.4 Å². The summed E-state index contributed by atoms with van der Waals surface area (Å²) < 4.78 is 31.1. The van der Waals surface area contributed by atoms with Crippen molar-refractivity contribution in [2.45, 2.75) is 19.9 Å². The van der Waals surface area contributed by atoms with E-state index in [0.717, 1.165) is 6.07 Å². The van der Waals surface area contributed by atoms with Gasteiger partial charge in [0.05, 0.1) is 18.6 Å². The van der Waals surface area contributed by atoms with E-state index in [4.69, 9.17) is 5.73 Å². The van der Waals surface area contributed by atoms with Crippen LogP contribution in [0.3, 0.4) is 0 Å². The minimum Gasteiger partial charge on any atom is -0.507 e. The summed E-state index contributed by atoms with van der Waals surface area (Å²) in [7, 11) is 1.18. The molecule has 108 valence electrons. The SMILES string of the molecule is COC(=O)C(C)(C)[C@@H](N)c1c(O)cc(F)cc1F.Cl. The summed E-state index contributed by atoms with van der Waals surface area (Å²) in [5.74, 6) is -3.20. The number of esters is 1. The van der Waals surface area contributed by atoms with Crippen LogP contribution in [-0.4, -0.2) is 18.2 Å². The van der Waals surface area contributed by atoms with E-state index in [-0.39, 0.29) is 18.0 Å². The van der Waals surface area contributed by atoms with E-state index < -0.39 is 34.8 Å². The number of carbonyl (C=O) groups is 1. The maximum atomic E-state index is 13.6. The normalized spacial score (nSPS) is 12.5. The molecule has 0 unspecified atom stereocenters. The smallest absolute Gasteiger partial charge is 0.313 e. The number of phenols is 1. The van der Waals surface area contributed by atoms with Gasteiger partial charge in [-0.25, -0.2) is 8.78 Å². The van der Waals surface area contributed by atoms with Crippen LogP contribution in [0.4, 0.5) is 8.78 Å². The van der Waals surface area contributed by atoms with Gasteiger partial charge in [0.15, 0.2) is 0 Å². The van der Waals surface area contributed by atoms with Gasteiger partial charge in [-0.05, 0) is 13.8 Å². The van der Waals surface area contributed by atoms with Gasteiger partial charge in [-0.1, -0.05) is 0 Å². The Labute approximate surface area is 116 Å². The molecule has 0 aliphatic carbocycles. The fourth-order valence-electron chi connectivity index (χ4n) is 1.63. The zero-order valence-corrected chi connectivity index (χ0v) is 11.6. The Hall–Kier alpha value is -1.40. The van der Waals surface area contributed by atoms with Crippen molar-refractivity contribution in [3.05, 3.63) is 29.3 Å². The third kappa shape index (κ3) is 3.33. The number of nitrogens with two attached hydrogens (primary N) is 1. The lowest BCUT2D eigenvalue weighted by Gasteiger charge is -2.29. The molecule has 0 saturated carbocycles. The average Bonchev–Trinajstić information content (AvgIpc) is 2.26. The Morgan fingerprint density at radius 2 is 1.95 bits per heavy atom. The molecule has 1 rings (SSSR count). The highest BCUT2D eigenvalue weighted by Gasteiger charge is 2.39. The van der Waals surface area contributed by atoms with Crippen LogP contribution in [0.2, 0.25) is 0 Å². The number of halogens is 3. The topological polar surface area (TPSA) is 72.5 Å². The first-order valence-electron chi connectivity index (χ1n) is 5.23. The van der Waals surface area contributed by atoms with Crippen molar-refractivity contribution in [1.82, 2.24) is 0 Å². The number of rotatable bonds is 3. The highest BCUT2D eigenvalue weighted by atomic mass is 35.5. The minimum atomic E-state index is -1.26. The first-order valence-corrected chi connectivity index (χ1v) is 5.23. The molecule has 0 aliphatic heterocycles. The Morgan fingerprint density at radius 1 is 1.42 bits per heavy atom.